The number of aromatic nitrogens is 3. The van der Waals surface area contributed by atoms with E-state index in [4.69, 9.17) is 14.7 Å². The Morgan fingerprint density at radius 2 is 1.92 bits per heavy atom. The Bertz CT molecular complexity index is 1240. The van der Waals surface area contributed by atoms with Crippen LogP contribution in [0.2, 0.25) is 0 Å². The molecule has 0 bridgehead atoms. The lowest BCUT2D eigenvalue weighted by Gasteiger charge is -2.37. The summed E-state index contributed by atoms with van der Waals surface area (Å²) in [5, 5.41) is 0. The summed E-state index contributed by atoms with van der Waals surface area (Å²) in [5.41, 5.74) is 5.44. The Hall–Kier alpha value is -3.13. The molecule has 8 nitrogen and oxygen atoms in total. The number of carbonyl (C=O) groups is 1. The highest BCUT2D eigenvalue weighted by Crippen LogP contribution is 2.34. The number of amides is 1. The van der Waals surface area contributed by atoms with E-state index in [1.165, 1.54) is 23.4 Å². The van der Waals surface area contributed by atoms with Crippen molar-refractivity contribution in [2.24, 2.45) is 7.05 Å². The number of benzene rings is 1. The van der Waals surface area contributed by atoms with Gasteiger partial charge in [0.25, 0.3) is 0 Å². The van der Waals surface area contributed by atoms with Gasteiger partial charge in [-0.1, -0.05) is 12.1 Å². The minimum Gasteiger partial charge on any atom is -0.444 e. The van der Waals surface area contributed by atoms with Gasteiger partial charge in [0, 0.05) is 39.4 Å². The van der Waals surface area contributed by atoms with Gasteiger partial charge in [0.2, 0.25) is 0 Å². The molecule has 8 heteroatoms. The lowest BCUT2D eigenvalue weighted by Crippen LogP contribution is -2.50. The highest BCUT2D eigenvalue weighted by molar-refractivity contribution is 5.89. The van der Waals surface area contributed by atoms with Gasteiger partial charge in [-0.15, -0.1) is 0 Å². The minimum absolute atomic E-state index is 0.231. The van der Waals surface area contributed by atoms with Gasteiger partial charge in [-0.25, -0.2) is 9.78 Å². The SMILES string of the molecule is CN(Cc1nc2cccc(N3CCN(C(=O)OC(C)(C)C)CC3)c2n1C)[C@H]1CCCc2cccnc21. The van der Waals surface area contributed by atoms with E-state index in [2.05, 4.69) is 52.7 Å². The molecule has 3 aromatic rings. The molecule has 1 atom stereocenters. The van der Waals surface area contributed by atoms with Gasteiger partial charge >= 0.3 is 6.09 Å². The lowest BCUT2D eigenvalue weighted by atomic mass is 9.91. The monoisotopic (exact) mass is 490 g/mol. The van der Waals surface area contributed by atoms with Crippen molar-refractivity contribution in [3.05, 3.63) is 53.6 Å². The van der Waals surface area contributed by atoms with E-state index in [0.29, 0.717) is 19.1 Å². The van der Waals surface area contributed by atoms with Gasteiger partial charge in [0.05, 0.1) is 35.0 Å². The average Bonchev–Trinajstić information content (AvgIpc) is 3.17. The fraction of sp³-hybridized carbons (Fsp3) is 0.536. The summed E-state index contributed by atoms with van der Waals surface area (Å²) in [6.45, 7) is 9.30. The average molecular weight is 491 g/mol. The molecule has 192 valence electrons. The van der Waals surface area contributed by atoms with Crippen molar-refractivity contribution in [1.29, 1.82) is 0 Å². The molecule has 0 unspecified atom stereocenters. The van der Waals surface area contributed by atoms with Crippen LogP contribution in [0.1, 0.15) is 56.7 Å². The third-order valence-electron chi connectivity index (χ3n) is 7.33. The largest absolute Gasteiger partial charge is 0.444 e. The second-order valence-corrected chi connectivity index (χ2v) is 11.1. The predicted octanol–water partition coefficient (Wildman–Crippen LogP) is 4.53. The number of hydrogen-bond acceptors (Lipinski definition) is 6. The smallest absolute Gasteiger partial charge is 0.410 e. The summed E-state index contributed by atoms with van der Waals surface area (Å²) < 4.78 is 7.80. The molecular weight excluding hydrogens is 452 g/mol. The minimum atomic E-state index is -0.478. The molecule has 1 amide bonds. The number of anilines is 1. The Balaban J connectivity index is 1.33. The van der Waals surface area contributed by atoms with E-state index in [-0.39, 0.29) is 6.09 Å². The zero-order valence-electron chi connectivity index (χ0n) is 22.2. The zero-order valence-corrected chi connectivity index (χ0v) is 22.2. The first-order valence-corrected chi connectivity index (χ1v) is 13.0. The Morgan fingerprint density at radius 1 is 1.14 bits per heavy atom. The topological polar surface area (TPSA) is 66.7 Å². The molecule has 0 N–H and O–H groups in total. The predicted molar refractivity (Wildman–Crippen MR) is 142 cm³/mol. The molecule has 5 rings (SSSR count). The van der Waals surface area contributed by atoms with E-state index >= 15 is 0 Å². The summed E-state index contributed by atoms with van der Waals surface area (Å²) in [4.78, 5) is 28.8. The first kappa shape index (κ1) is 24.6. The molecule has 1 saturated heterocycles. The molecule has 2 aromatic heterocycles. The highest BCUT2D eigenvalue weighted by Gasteiger charge is 2.28. The summed E-state index contributed by atoms with van der Waals surface area (Å²) >= 11 is 0. The van der Waals surface area contributed by atoms with Crippen molar-refractivity contribution in [2.75, 3.05) is 38.1 Å². The van der Waals surface area contributed by atoms with Crippen LogP contribution in [-0.2, 0) is 24.8 Å². The summed E-state index contributed by atoms with van der Waals surface area (Å²) in [5.74, 6) is 1.05. The Labute approximate surface area is 213 Å². The molecule has 1 aliphatic carbocycles. The van der Waals surface area contributed by atoms with Crippen LogP contribution in [0.3, 0.4) is 0 Å². The summed E-state index contributed by atoms with van der Waals surface area (Å²) in [6, 6.07) is 10.9. The molecular formula is C28H38N6O2. The standard InChI is InChI=1S/C28H38N6O2/c1-28(2,3)36-27(35)34-17-15-33(16-18-34)23-13-7-11-21-26(23)32(5)24(30-21)19-31(4)22-12-6-9-20-10-8-14-29-25(20)22/h7-8,10-11,13-14,22H,6,9,12,15-19H2,1-5H3/t22-/m0/s1. The van der Waals surface area contributed by atoms with Gasteiger partial charge in [0.15, 0.2) is 0 Å². The molecule has 2 aliphatic rings. The van der Waals surface area contributed by atoms with Crippen molar-refractivity contribution in [1.82, 2.24) is 24.3 Å². The van der Waals surface area contributed by atoms with Crippen LogP contribution in [0, 0.1) is 0 Å². The maximum atomic E-state index is 12.5. The maximum absolute atomic E-state index is 12.5. The molecule has 0 spiro atoms. The summed E-state index contributed by atoms with van der Waals surface area (Å²) in [7, 11) is 4.30. The van der Waals surface area contributed by atoms with Crippen LogP contribution in [0.25, 0.3) is 11.0 Å². The molecule has 3 heterocycles. The van der Waals surface area contributed by atoms with Gasteiger partial charge in [0.1, 0.15) is 11.4 Å². The quantitative estimate of drug-likeness (QED) is 0.535. The number of carbonyl (C=O) groups excluding carboxylic acids is 1. The normalized spacial score (nSPS) is 18.6. The second-order valence-electron chi connectivity index (χ2n) is 11.1. The number of rotatable bonds is 4. The second kappa shape index (κ2) is 9.73. The Kier molecular flexibility index (Phi) is 6.64. The van der Waals surface area contributed by atoms with E-state index in [1.54, 1.807) is 0 Å². The van der Waals surface area contributed by atoms with Gasteiger partial charge in [-0.05, 0) is 70.8 Å². The molecule has 0 saturated carbocycles. The number of ether oxygens (including phenoxy) is 1. The fourth-order valence-corrected chi connectivity index (χ4v) is 5.50. The third kappa shape index (κ3) is 4.91. The van der Waals surface area contributed by atoms with Gasteiger partial charge < -0.3 is 19.1 Å². The number of para-hydroxylation sites is 1. The number of imidazole rings is 1. The molecule has 1 aromatic carbocycles. The number of pyridine rings is 1. The third-order valence-corrected chi connectivity index (χ3v) is 7.33. The van der Waals surface area contributed by atoms with Crippen LogP contribution in [0.5, 0.6) is 0 Å². The summed E-state index contributed by atoms with van der Waals surface area (Å²) in [6.07, 6.45) is 5.11. The van der Waals surface area contributed by atoms with Gasteiger partial charge in [-0.3, -0.25) is 9.88 Å². The zero-order chi connectivity index (χ0) is 25.4. The highest BCUT2D eigenvalue weighted by atomic mass is 16.6. The molecule has 0 radical (unpaired) electrons. The van der Waals surface area contributed by atoms with Crippen molar-refractivity contribution in [3.8, 4) is 0 Å². The van der Waals surface area contributed by atoms with Crippen molar-refractivity contribution in [3.63, 3.8) is 0 Å². The first-order valence-electron chi connectivity index (χ1n) is 13.0. The van der Waals surface area contributed by atoms with Crippen LogP contribution in [0.15, 0.2) is 36.5 Å². The van der Waals surface area contributed by atoms with E-state index < -0.39 is 5.60 Å². The van der Waals surface area contributed by atoms with Crippen LogP contribution >= 0.6 is 0 Å². The lowest BCUT2D eigenvalue weighted by molar-refractivity contribution is 0.0240. The van der Waals surface area contributed by atoms with Crippen LogP contribution < -0.4 is 4.90 Å². The number of piperazine rings is 1. The van der Waals surface area contributed by atoms with E-state index in [1.807, 2.05) is 37.9 Å². The van der Waals surface area contributed by atoms with E-state index in [9.17, 15) is 4.79 Å². The number of nitrogens with zero attached hydrogens (tertiary/aromatic N) is 6. The molecule has 1 aliphatic heterocycles. The van der Waals surface area contributed by atoms with Crippen LogP contribution in [-0.4, -0.2) is 69.3 Å². The number of hydrogen-bond donors (Lipinski definition) is 0. The first-order chi connectivity index (χ1) is 17.2. The van der Waals surface area contributed by atoms with Gasteiger partial charge in [-0.2, -0.15) is 0 Å². The van der Waals surface area contributed by atoms with Crippen molar-refractivity contribution >= 4 is 22.8 Å². The fourth-order valence-electron chi connectivity index (χ4n) is 5.50. The van der Waals surface area contributed by atoms with Crippen molar-refractivity contribution in [2.45, 2.75) is 58.2 Å². The van der Waals surface area contributed by atoms with E-state index in [0.717, 1.165) is 49.3 Å². The van der Waals surface area contributed by atoms with Crippen molar-refractivity contribution < 1.29 is 9.53 Å². The molecule has 36 heavy (non-hydrogen) atoms. The molecule has 1 fully saturated rings. The number of aryl methyl sites for hydroxylation is 2. The maximum Gasteiger partial charge on any atom is 0.410 e. The Morgan fingerprint density at radius 3 is 2.67 bits per heavy atom. The number of fused-ring (bicyclic) bond motifs is 2. The van der Waals surface area contributed by atoms with Crippen LogP contribution in [0.4, 0.5) is 10.5 Å².